The van der Waals surface area contributed by atoms with Gasteiger partial charge in [0.25, 0.3) is 0 Å². The van der Waals surface area contributed by atoms with E-state index in [2.05, 4.69) is 15.4 Å². The number of carbonyl (C=O) groups is 1. The fourth-order valence-corrected chi connectivity index (χ4v) is 3.18. The molecular formula is C20H18ClF3N4O. The molecule has 0 spiro atoms. The molecule has 2 heterocycles. The van der Waals surface area contributed by atoms with Gasteiger partial charge in [0.05, 0.1) is 17.7 Å². The molecule has 0 unspecified atom stereocenters. The molecule has 0 aliphatic carbocycles. The lowest BCUT2D eigenvalue weighted by atomic mass is 10.1. The summed E-state index contributed by atoms with van der Waals surface area (Å²) in [6.07, 6.45) is -3.62. The molecule has 0 aliphatic rings. The molecule has 152 valence electrons. The van der Waals surface area contributed by atoms with Crippen LogP contribution in [-0.4, -0.2) is 20.7 Å². The van der Waals surface area contributed by atoms with Crippen LogP contribution in [0.5, 0.6) is 0 Å². The van der Waals surface area contributed by atoms with Crippen molar-refractivity contribution in [3.63, 3.8) is 0 Å². The molecule has 29 heavy (non-hydrogen) atoms. The number of aromatic nitrogens is 3. The minimum Gasteiger partial charge on any atom is -0.326 e. The monoisotopic (exact) mass is 422 g/mol. The van der Waals surface area contributed by atoms with Crippen molar-refractivity contribution in [3.05, 3.63) is 69.6 Å². The Bertz CT molecular complexity index is 1060. The normalized spacial score (nSPS) is 11.6. The van der Waals surface area contributed by atoms with Gasteiger partial charge in [0, 0.05) is 28.2 Å². The molecule has 3 aromatic rings. The van der Waals surface area contributed by atoms with Crippen LogP contribution < -0.4 is 5.32 Å². The summed E-state index contributed by atoms with van der Waals surface area (Å²) in [6, 6.07) is 7.37. The number of amides is 1. The van der Waals surface area contributed by atoms with Gasteiger partial charge in [0.1, 0.15) is 0 Å². The Morgan fingerprint density at radius 3 is 2.48 bits per heavy atom. The Balaban J connectivity index is 1.81. The van der Waals surface area contributed by atoms with Crippen LogP contribution in [0.4, 0.5) is 18.9 Å². The molecule has 0 saturated heterocycles. The van der Waals surface area contributed by atoms with Gasteiger partial charge >= 0.3 is 6.18 Å². The van der Waals surface area contributed by atoms with E-state index in [1.165, 1.54) is 10.7 Å². The van der Waals surface area contributed by atoms with Crippen molar-refractivity contribution < 1.29 is 18.0 Å². The van der Waals surface area contributed by atoms with Gasteiger partial charge < -0.3 is 5.32 Å². The van der Waals surface area contributed by atoms with Crippen LogP contribution in [0.25, 0.3) is 5.82 Å². The molecule has 0 bridgehead atoms. The van der Waals surface area contributed by atoms with Crippen molar-refractivity contribution in [2.45, 2.75) is 33.4 Å². The zero-order chi connectivity index (χ0) is 21.3. The largest absolute Gasteiger partial charge is 0.417 e. The quantitative estimate of drug-likeness (QED) is 0.640. The van der Waals surface area contributed by atoms with E-state index >= 15 is 0 Å². The highest BCUT2D eigenvalue weighted by Crippen LogP contribution is 2.29. The lowest BCUT2D eigenvalue weighted by molar-refractivity contribution is -0.137. The zero-order valence-corrected chi connectivity index (χ0v) is 16.7. The maximum Gasteiger partial charge on any atom is 0.417 e. The maximum atomic E-state index is 12.7. The summed E-state index contributed by atoms with van der Waals surface area (Å²) in [5.41, 5.74) is 2.59. The van der Waals surface area contributed by atoms with E-state index in [0.717, 1.165) is 17.8 Å². The van der Waals surface area contributed by atoms with Gasteiger partial charge in [-0.05, 0) is 56.7 Å². The average molecular weight is 423 g/mol. The summed E-state index contributed by atoms with van der Waals surface area (Å²) in [7, 11) is 0. The van der Waals surface area contributed by atoms with Crippen LogP contribution in [0.15, 0.2) is 36.5 Å². The Morgan fingerprint density at radius 2 is 1.90 bits per heavy atom. The molecule has 1 amide bonds. The average Bonchev–Trinajstić information content (AvgIpc) is 2.92. The molecule has 0 saturated carbocycles. The number of alkyl halides is 3. The summed E-state index contributed by atoms with van der Waals surface area (Å²) in [6.45, 7) is 5.32. The van der Waals surface area contributed by atoms with Gasteiger partial charge in [0.15, 0.2) is 5.82 Å². The number of benzene rings is 1. The number of anilines is 1. The second-order valence-corrected chi connectivity index (χ2v) is 7.08. The second kappa shape index (κ2) is 7.87. The number of pyridine rings is 1. The fraction of sp³-hybridized carbons (Fsp3) is 0.250. The number of nitrogens with zero attached hydrogens (tertiary/aromatic N) is 3. The summed E-state index contributed by atoms with van der Waals surface area (Å²) in [5, 5.41) is 7.76. The number of aryl methyl sites for hydroxylation is 2. The lowest BCUT2D eigenvalue weighted by Gasteiger charge is -2.10. The molecule has 1 N–H and O–H groups in total. The Labute approximate surface area is 170 Å². The number of hydrogen-bond acceptors (Lipinski definition) is 3. The first-order valence-corrected chi connectivity index (χ1v) is 9.09. The number of rotatable bonds is 4. The highest BCUT2D eigenvalue weighted by molar-refractivity contribution is 6.30. The molecule has 0 radical (unpaired) electrons. The van der Waals surface area contributed by atoms with E-state index in [4.69, 9.17) is 11.6 Å². The van der Waals surface area contributed by atoms with E-state index in [9.17, 15) is 18.0 Å². The van der Waals surface area contributed by atoms with E-state index in [1.54, 1.807) is 32.0 Å². The number of nitrogens with one attached hydrogen (secondary N) is 1. The van der Waals surface area contributed by atoms with Crippen LogP contribution >= 0.6 is 11.6 Å². The predicted molar refractivity (Wildman–Crippen MR) is 104 cm³/mol. The van der Waals surface area contributed by atoms with Crippen LogP contribution in [0.1, 0.15) is 28.1 Å². The molecule has 0 atom stereocenters. The third-order valence-electron chi connectivity index (χ3n) is 4.53. The SMILES string of the molecule is Cc1cc(Cl)ccc1NC(=O)Cc1c(C)nn(-c2ccc(C(F)(F)F)cn2)c1C. The first-order valence-electron chi connectivity index (χ1n) is 8.71. The zero-order valence-electron chi connectivity index (χ0n) is 15.9. The topological polar surface area (TPSA) is 59.8 Å². The molecule has 0 aliphatic heterocycles. The van der Waals surface area contributed by atoms with Gasteiger partial charge in [-0.15, -0.1) is 0 Å². The Morgan fingerprint density at radius 1 is 1.17 bits per heavy atom. The molecule has 1 aromatic carbocycles. The molecule has 5 nitrogen and oxygen atoms in total. The van der Waals surface area contributed by atoms with E-state index in [-0.39, 0.29) is 18.1 Å². The predicted octanol–water partition coefficient (Wildman–Crippen LogP) is 5.05. The van der Waals surface area contributed by atoms with Gasteiger partial charge in [-0.3, -0.25) is 4.79 Å². The van der Waals surface area contributed by atoms with Crippen molar-refractivity contribution in [3.8, 4) is 5.82 Å². The number of hydrogen-bond donors (Lipinski definition) is 1. The van der Waals surface area contributed by atoms with Crippen molar-refractivity contribution in [2.75, 3.05) is 5.32 Å². The molecule has 0 fully saturated rings. The fourth-order valence-electron chi connectivity index (χ4n) is 2.96. The lowest BCUT2D eigenvalue weighted by Crippen LogP contribution is -2.16. The van der Waals surface area contributed by atoms with E-state index in [0.29, 0.717) is 27.7 Å². The van der Waals surface area contributed by atoms with Crippen molar-refractivity contribution in [1.29, 1.82) is 0 Å². The van der Waals surface area contributed by atoms with Gasteiger partial charge in [-0.25, -0.2) is 9.67 Å². The van der Waals surface area contributed by atoms with Crippen LogP contribution in [0.2, 0.25) is 5.02 Å². The van der Waals surface area contributed by atoms with Gasteiger partial charge in [-0.1, -0.05) is 11.6 Å². The van der Waals surface area contributed by atoms with Crippen molar-refractivity contribution in [2.24, 2.45) is 0 Å². The number of carbonyl (C=O) groups excluding carboxylic acids is 1. The van der Waals surface area contributed by atoms with Gasteiger partial charge in [0.2, 0.25) is 5.91 Å². The summed E-state index contributed by atoms with van der Waals surface area (Å²) >= 11 is 5.93. The van der Waals surface area contributed by atoms with Crippen LogP contribution in [0.3, 0.4) is 0 Å². The third kappa shape index (κ3) is 4.59. The van der Waals surface area contributed by atoms with E-state index < -0.39 is 11.7 Å². The standard InChI is InChI=1S/C20H18ClF3N4O/c1-11-8-15(21)5-6-17(11)26-19(29)9-16-12(2)27-28(13(16)3)18-7-4-14(10-25-18)20(22,23)24/h4-8,10H,9H2,1-3H3,(H,26,29). The smallest absolute Gasteiger partial charge is 0.326 e. The Kier molecular flexibility index (Phi) is 5.66. The highest BCUT2D eigenvalue weighted by atomic mass is 35.5. The molecular weight excluding hydrogens is 405 g/mol. The molecule has 2 aromatic heterocycles. The summed E-state index contributed by atoms with van der Waals surface area (Å²) < 4.78 is 39.6. The van der Waals surface area contributed by atoms with E-state index in [1.807, 2.05) is 6.92 Å². The number of halogens is 4. The summed E-state index contributed by atoms with van der Waals surface area (Å²) in [4.78, 5) is 16.4. The molecule has 9 heteroatoms. The van der Waals surface area contributed by atoms with Crippen LogP contribution in [0, 0.1) is 20.8 Å². The van der Waals surface area contributed by atoms with Crippen molar-refractivity contribution >= 4 is 23.2 Å². The maximum absolute atomic E-state index is 12.7. The van der Waals surface area contributed by atoms with Crippen molar-refractivity contribution in [1.82, 2.24) is 14.8 Å². The van der Waals surface area contributed by atoms with Gasteiger partial charge in [-0.2, -0.15) is 18.3 Å². The Hall–Kier alpha value is -2.87. The highest BCUT2D eigenvalue weighted by Gasteiger charge is 2.30. The first-order chi connectivity index (χ1) is 13.6. The second-order valence-electron chi connectivity index (χ2n) is 6.65. The summed E-state index contributed by atoms with van der Waals surface area (Å²) in [5.74, 6) is 0.0142. The minimum atomic E-state index is -4.45. The van der Waals surface area contributed by atoms with Crippen LogP contribution in [-0.2, 0) is 17.4 Å². The first kappa shape index (κ1) is 20.9. The minimum absolute atomic E-state index is 0.0698. The molecule has 3 rings (SSSR count). The third-order valence-corrected chi connectivity index (χ3v) is 4.77.